The summed E-state index contributed by atoms with van der Waals surface area (Å²) >= 11 is 0. The molecular formula is C24H32N2O4. The van der Waals surface area contributed by atoms with Gasteiger partial charge in [0.1, 0.15) is 17.5 Å². The molecule has 6 heteroatoms. The van der Waals surface area contributed by atoms with E-state index in [4.69, 9.17) is 9.47 Å². The lowest BCUT2D eigenvalue weighted by atomic mass is 10.1. The molecule has 0 bridgehead atoms. The lowest BCUT2D eigenvalue weighted by Crippen LogP contribution is -2.50. The van der Waals surface area contributed by atoms with Crippen LogP contribution < -0.4 is 14.8 Å². The Morgan fingerprint density at radius 1 is 1.00 bits per heavy atom. The number of carbonyl (C=O) groups excluding carboxylic acids is 2. The molecule has 0 radical (unpaired) electrons. The lowest BCUT2D eigenvalue weighted by molar-refractivity contribution is -0.143. The molecule has 0 saturated carbocycles. The largest absolute Gasteiger partial charge is 0.497 e. The van der Waals surface area contributed by atoms with Crippen molar-refractivity contribution in [3.05, 3.63) is 59.7 Å². The van der Waals surface area contributed by atoms with Crippen LogP contribution >= 0.6 is 0 Å². The highest BCUT2D eigenvalue weighted by molar-refractivity contribution is 5.88. The zero-order valence-electron chi connectivity index (χ0n) is 18.3. The Morgan fingerprint density at radius 3 is 2.20 bits per heavy atom. The molecule has 2 amide bonds. The van der Waals surface area contributed by atoms with Gasteiger partial charge in [0, 0.05) is 13.1 Å². The number of aryl methyl sites for hydroxylation is 1. The molecule has 0 aliphatic heterocycles. The summed E-state index contributed by atoms with van der Waals surface area (Å²) in [6, 6.07) is 14.5. The molecule has 6 nitrogen and oxygen atoms in total. The average molecular weight is 413 g/mol. The van der Waals surface area contributed by atoms with Crippen molar-refractivity contribution < 1.29 is 19.1 Å². The van der Waals surface area contributed by atoms with Gasteiger partial charge in [-0.3, -0.25) is 9.59 Å². The van der Waals surface area contributed by atoms with Crippen LogP contribution in [0.2, 0.25) is 0 Å². The molecule has 0 saturated heterocycles. The molecular weight excluding hydrogens is 380 g/mol. The standard InChI is InChI=1S/C24H32N2O4/c1-5-15-25-24(28)22(6-2)26(16-19-9-13-20(29-4)14-10-19)23(27)17-30-21-11-7-18(3)8-12-21/h7-14,22H,5-6,15-17H2,1-4H3,(H,25,28)/t22-/m0/s1. The lowest BCUT2D eigenvalue weighted by Gasteiger charge is -2.30. The maximum absolute atomic E-state index is 13.1. The molecule has 2 rings (SSSR count). The number of benzene rings is 2. The smallest absolute Gasteiger partial charge is 0.261 e. The number of nitrogens with zero attached hydrogens (tertiary/aromatic N) is 1. The highest BCUT2D eigenvalue weighted by Crippen LogP contribution is 2.17. The van der Waals surface area contributed by atoms with Crippen molar-refractivity contribution >= 4 is 11.8 Å². The molecule has 0 heterocycles. The minimum Gasteiger partial charge on any atom is -0.497 e. The molecule has 0 aliphatic carbocycles. The van der Waals surface area contributed by atoms with Crippen molar-refractivity contribution in [3.63, 3.8) is 0 Å². The summed E-state index contributed by atoms with van der Waals surface area (Å²) < 4.78 is 10.9. The second kappa shape index (κ2) is 11.9. The Bertz CT molecular complexity index is 803. The number of carbonyl (C=O) groups is 2. The molecule has 1 atom stereocenters. The Kier molecular flexibility index (Phi) is 9.19. The van der Waals surface area contributed by atoms with Crippen molar-refractivity contribution in [1.82, 2.24) is 10.2 Å². The number of methoxy groups -OCH3 is 1. The third kappa shape index (κ3) is 6.79. The monoisotopic (exact) mass is 412 g/mol. The molecule has 1 N–H and O–H groups in total. The van der Waals surface area contributed by atoms with Gasteiger partial charge in [-0.2, -0.15) is 0 Å². The van der Waals surface area contributed by atoms with Gasteiger partial charge in [-0.1, -0.05) is 43.7 Å². The van der Waals surface area contributed by atoms with Crippen molar-refractivity contribution in [2.45, 2.75) is 46.2 Å². The molecule has 2 aromatic rings. The Hall–Kier alpha value is -3.02. The van der Waals surface area contributed by atoms with Gasteiger partial charge >= 0.3 is 0 Å². The van der Waals surface area contributed by atoms with Crippen molar-refractivity contribution in [2.75, 3.05) is 20.3 Å². The van der Waals surface area contributed by atoms with Gasteiger partial charge < -0.3 is 19.7 Å². The fourth-order valence-corrected chi connectivity index (χ4v) is 3.08. The molecule has 0 fully saturated rings. The van der Waals surface area contributed by atoms with Gasteiger partial charge in [0.25, 0.3) is 5.91 Å². The first kappa shape index (κ1) is 23.3. The van der Waals surface area contributed by atoms with Crippen LogP contribution in [-0.2, 0) is 16.1 Å². The normalized spacial score (nSPS) is 11.5. The predicted molar refractivity (Wildman–Crippen MR) is 118 cm³/mol. The Morgan fingerprint density at radius 2 is 1.63 bits per heavy atom. The van der Waals surface area contributed by atoms with Crippen LogP contribution in [0.1, 0.15) is 37.8 Å². The van der Waals surface area contributed by atoms with E-state index in [0.717, 1.165) is 23.3 Å². The third-order valence-electron chi connectivity index (χ3n) is 4.83. The third-order valence-corrected chi connectivity index (χ3v) is 4.83. The van der Waals surface area contributed by atoms with Crippen LogP contribution in [0, 0.1) is 6.92 Å². The topological polar surface area (TPSA) is 67.9 Å². The predicted octanol–water partition coefficient (Wildman–Crippen LogP) is 3.72. The van der Waals surface area contributed by atoms with E-state index in [1.807, 2.05) is 69.3 Å². The SMILES string of the molecule is CCCNC(=O)[C@H](CC)N(Cc1ccc(OC)cc1)C(=O)COc1ccc(C)cc1. The first-order valence-corrected chi connectivity index (χ1v) is 10.4. The van der Waals surface area contributed by atoms with Crippen LogP contribution in [0.4, 0.5) is 0 Å². The van der Waals surface area contributed by atoms with E-state index < -0.39 is 6.04 Å². The summed E-state index contributed by atoms with van der Waals surface area (Å²) in [4.78, 5) is 27.4. The number of ether oxygens (including phenoxy) is 2. The zero-order valence-corrected chi connectivity index (χ0v) is 18.3. The molecule has 0 spiro atoms. The number of hydrogen-bond acceptors (Lipinski definition) is 4. The maximum Gasteiger partial charge on any atom is 0.261 e. The minimum atomic E-state index is -0.562. The zero-order chi connectivity index (χ0) is 21.9. The summed E-state index contributed by atoms with van der Waals surface area (Å²) in [6.07, 6.45) is 1.35. The fourth-order valence-electron chi connectivity index (χ4n) is 3.08. The van der Waals surface area contributed by atoms with E-state index in [9.17, 15) is 9.59 Å². The van der Waals surface area contributed by atoms with E-state index >= 15 is 0 Å². The van der Waals surface area contributed by atoms with Crippen molar-refractivity contribution in [1.29, 1.82) is 0 Å². The summed E-state index contributed by atoms with van der Waals surface area (Å²) in [5, 5.41) is 2.91. The number of amides is 2. The van der Waals surface area contributed by atoms with E-state index in [1.54, 1.807) is 12.0 Å². The van der Waals surface area contributed by atoms with Crippen LogP contribution in [0.15, 0.2) is 48.5 Å². The molecule has 162 valence electrons. The van der Waals surface area contributed by atoms with Gasteiger partial charge in [-0.15, -0.1) is 0 Å². The fraction of sp³-hybridized carbons (Fsp3) is 0.417. The highest BCUT2D eigenvalue weighted by Gasteiger charge is 2.28. The van der Waals surface area contributed by atoms with Crippen molar-refractivity contribution in [2.24, 2.45) is 0 Å². The first-order valence-electron chi connectivity index (χ1n) is 10.4. The Balaban J connectivity index is 2.17. The quantitative estimate of drug-likeness (QED) is 0.611. The highest BCUT2D eigenvalue weighted by atomic mass is 16.5. The van der Waals surface area contributed by atoms with E-state index in [1.165, 1.54) is 0 Å². The maximum atomic E-state index is 13.1. The molecule has 30 heavy (non-hydrogen) atoms. The van der Waals surface area contributed by atoms with Crippen molar-refractivity contribution in [3.8, 4) is 11.5 Å². The summed E-state index contributed by atoms with van der Waals surface area (Å²) in [6.45, 7) is 6.67. The molecule has 0 aliphatic rings. The van der Waals surface area contributed by atoms with E-state index in [2.05, 4.69) is 5.32 Å². The average Bonchev–Trinajstić information content (AvgIpc) is 2.77. The van der Waals surface area contributed by atoms with Gasteiger partial charge in [0.15, 0.2) is 6.61 Å². The first-order chi connectivity index (χ1) is 14.5. The van der Waals surface area contributed by atoms with Crippen LogP contribution in [0.25, 0.3) is 0 Å². The summed E-state index contributed by atoms with van der Waals surface area (Å²) in [7, 11) is 1.61. The number of hydrogen-bond donors (Lipinski definition) is 1. The second-order valence-electron chi connectivity index (χ2n) is 7.19. The van der Waals surface area contributed by atoms with Crippen LogP contribution in [-0.4, -0.2) is 43.0 Å². The van der Waals surface area contributed by atoms with Crippen LogP contribution in [0.5, 0.6) is 11.5 Å². The molecule has 0 aromatic heterocycles. The van der Waals surface area contributed by atoms with Crippen LogP contribution in [0.3, 0.4) is 0 Å². The van der Waals surface area contributed by atoms with Gasteiger partial charge in [-0.05, 0) is 49.6 Å². The second-order valence-corrected chi connectivity index (χ2v) is 7.19. The molecule has 0 unspecified atom stereocenters. The minimum absolute atomic E-state index is 0.128. The van der Waals surface area contributed by atoms with Gasteiger partial charge in [0.05, 0.1) is 7.11 Å². The molecule has 2 aromatic carbocycles. The Labute approximate surface area is 179 Å². The van der Waals surface area contributed by atoms with Gasteiger partial charge in [0.2, 0.25) is 5.91 Å². The van der Waals surface area contributed by atoms with Gasteiger partial charge in [-0.25, -0.2) is 0 Å². The number of rotatable bonds is 11. The summed E-state index contributed by atoms with van der Waals surface area (Å²) in [5.41, 5.74) is 2.04. The van der Waals surface area contributed by atoms with E-state index in [0.29, 0.717) is 25.3 Å². The summed E-state index contributed by atoms with van der Waals surface area (Å²) in [5.74, 6) is 0.996. The van der Waals surface area contributed by atoms with E-state index in [-0.39, 0.29) is 18.4 Å². The number of nitrogens with one attached hydrogen (secondary N) is 1.